The Morgan fingerprint density at radius 1 is 1.14 bits per heavy atom. The zero-order valence-electron chi connectivity index (χ0n) is 11.3. The number of hydrogen-bond donors (Lipinski definition) is 1. The molecule has 0 aliphatic carbocycles. The van der Waals surface area contributed by atoms with Gasteiger partial charge in [0.05, 0.1) is 0 Å². The Kier molecular flexibility index (Phi) is 4.38. The molecule has 110 valence electrons. The van der Waals surface area contributed by atoms with Crippen LogP contribution in [-0.2, 0) is 6.42 Å². The molecule has 2 N–H and O–H groups in total. The molecule has 3 nitrogen and oxygen atoms in total. The van der Waals surface area contributed by atoms with Crippen molar-refractivity contribution in [3.05, 3.63) is 57.0 Å². The van der Waals surface area contributed by atoms with Gasteiger partial charge < -0.3 is 15.2 Å². The van der Waals surface area contributed by atoms with Crippen LogP contribution >= 0.6 is 27.5 Å². The van der Waals surface area contributed by atoms with Crippen molar-refractivity contribution in [2.75, 3.05) is 13.2 Å². The van der Waals surface area contributed by atoms with Crippen LogP contribution in [0.1, 0.15) is 17.2 Å². The number of benzene rings is 2. The molecule has 1 aliphatic rings. The van der Waals surface area contributed by atoms with Gasteiger partial charge in [0, 0.05) is 15.5 Å². The van der Waals surface area contributed by atoms with E-state index < -0.39 is 0 Å². The van der Waals surface area contributed by atoms with E-state index in [0.717, 1.165) is 32.1 Å². The lowest BCUT2D eigenvalue weighted by molar-refractivity contribution is 0.171. The van der Waals surface area contributed by atoms with Crippen molar-refractivity contribution in [2.45, 2.75) is 12.5 Å². The van der Waals surface area contributed by atoms with E-state index in [1.807, 2.05) is 36.4 Å². The van der Waals surface area contributed by atoms with E-state index in [1.165, 1.54) is 0 Å². The van der Waals surface area contributed by atoms with Gasteiger partial charge >= 0.3 is 0 Å². The van der Waals surface area contributed by atoms with Gasteiger partial charge in [-0.05, 0) is 35.7 Å². The summed E-state index contributed by atoms with van der Waals surface area (Å²) in [5, 5.41) is 0.738. The van der Waals surface area contributed by atoms with Crippen LogP contribution < -0.4 is 15.2 Å². The smallest absolute Gasteiger partial charge is 0.162 e. The zero-order valence-corrected chi connectivity index (χ0v) is 13.7. The van der Waals surface area contributed by atoms with E-state index in [9.17, 15) is 0 Å². The number of hydrogen-bond acceptors (Lipinski definition) is 3. The first-order chi connectivity index (χ1) is 10.1. The first kappa shape index (κ1) is 14.7. The lowest BCUT2D eigenvalue weighted by atomic mass is 9.99. The largest absolute Gasteiger partial charge is 0.486 e. The Morgan fingerprint density at radius 3 is 2.52 bits per heavy atom. The molecule has 1 heterocycles. The average molecular weight is 369 g/mol. The van der Waals surface area contributed by atoms with Crippen molar-refractivity contribution >= 4 is 27.5 Å². The summed E-state index contributed by atoms with van der Waals surface area (Å²) in [7, 11) is 0. The number of halogens is 2. The van der Waals surface area contributed by atoms with Gasteiger partial charge in [0.2, 0.25) is 0 Å². The highest BCUT2D eigenvalue weighted by Gasteiger charge is 2.19. The van der Waals surface area contributed by atoms with Crippen LogP contribution in [0.3, 0.4) is 0 Å². The normalized spacial score (nSPS) is 14.8. The summed E-state index contributed by atoms with van der Waals surface area (Å²) in [5.74, 6) is 1.50. The molecule has 3 rings (SSSR count). The first-order valence-electron chi connectivity index (χ1n) is 6.73. The molecule has 0 saturated heterocycles. The fraction of sp³-hybridized carbons (Fsp3) is 0.250. The minimum absolute atomic E-state index is 0.171. The second-order valence-corrected chi connectivity index (χ2v) is 6.18. The highest BCUT2D eigenvalue weighted by molar-refractivity contribution is 9.10. The van der Waals surface area contributed by atoms with Gasteiger partial charge in [-0.15, -0.1) is 0 Å². The molecule has 0 aromatic heterocycles. The lowest BCUT2D eigenvalue weighted by Gasteiger charge is -2.22. The van der Waals surface area contributed by atoms with Gasteiger partial charge in [0.1, 0.15) is 13.2 Å². The van der Waals surface area contributed by atoms with E-state index in [4.69, 9.17) is 26.8 Å². The maximum atomic E-state index is 6.34. The van der Waals surface area contributed by atoms with Crippen molar-refractivity contribution in [3.63, 3.8) is 0 Å². The number of fused-ring (bicyclic) bond motifs is 1. The van der Waals surface area contributed by atoms with Crippen LogP contribution in [0.5, 0.6) is 11.5 Å². The standard InChI is InChI=1S/C16H15BrClNO2/c17-12-9-16-15(20-5-6-21-16)8-11(12)14(19)7-10-3-1-2-4-13(10)18/h1-4,8-9,14H,5-7,19H2. The summed E-state index contributed by atoms with van der Waals surface area (Å²) in [6, 6.07) is 11.4. The van der Waals surface area contributed by atoms with Gasteiger partial charge in [0.15, 0.2) is 11.5 Å². The Balaban J connectivity index is 1.87. The zero-order chi connectivity index (χ0) is 14.8. The van der Waals surface area contributed by atoms with Gasteiger partial charge in [-0.25, -0.2) is 0 Å². The van der Waals surface area contributed by atoms with E-state index in [1.54, 1.807) is 0 Å². The SMILES string of the molecule is NC(Cc1ccccc1Cl)c1cc2c(cc1Br)OCCO2. The Hall–Kier alpha value is -1.23. The molecule has 0 saturated carbocycles. The third-order valence-corrected chi connectivity index (χ3v) is 4.51. The predicted molar refractivity (Wildman–Crippen MR) is 87.2 cm³/mol. The van der Waals surface area contributed by atoms with Crippen LogP contribution in [-0.4, -0.2) is 13.2 Å². The summed E-state index contributed by atoms with van der Waals surface area (Å²) in [6.07, 6.45) is 0.665. The van der Waals surface area contributed by atoms with Crippen molar-refractivity contribution in [3.8, 4) is 11.5 Å². The summed E-state index contributed by atoms with van der Waals surface area (Å²) in [6.45, 7) is 1.14. The molecule has 2 aromatic rings. The summed E-state index contributed by atoms with van der Waals surface area (Å²) in [5.41, 5.74) is 8.37. The second kappa shape index (κ2) is 6.26. The van der Waals surface area contributed by atoms with E-state index in [0.29, 0.717) is 19.6 Å². The third-order valence-electron chi connectivity index (χ3n) is 3.46. The summed E-state index contributed by atoms with van der Waals surface area (Å²) in [4.78, 5) is 0. The molecule has 0 radical (unpaired) electrons. The molecule has 2 aromatic carbocycles. The second-order valence-electron chi connectivity index (χ2n) is 4.92. The number of nitrogens with two attached hydrogens (primary N) is 1. The van der Waals surface area contributed by atoms with Gasteiger partial charge in [0.25, 0.3) is 0 Å². The van der Waals surface area contributed by atoms with Crippen molar-refractivity contribution in [1.29, 1.82) is 0 Å². The minimum Gasteiger partial charge on any atom is -0.486 e. The van der Waals surface area contributed by atoms with Crippen LogP contribution in [0.4, 0.5) is 0 Å². The topological polar surface area (TPSA) is 44.5 Å². The lowest BCUT2D eigenvalue weighted by Crippen LogP contribution is -2.18. The molecule has 0 amide bonds. The first-order valence-corrected chi connectivity index (χ1v) is 7.90. The summed E-state index contributed by atoms with van der Waals surface area (Å²) >= 11 is 9.76. The van der Waals surface area contributed by atoms with Crippen molar-refractivity contribution < 1.29 is 9.47 Å². The van der Waals surface area contributed by atoms with Crippen LogP contribution in [0.25, 0.3) is 0 Å². The van der Waals surface area contributed by atoms with Gasteiger partial charge in [-0.3, -0.25) is 0 Å². The summed E-state index contributed by atoms with van der Waals surface area (Å²) < 4.78 is 12.1. The number of rotatable bonds is 3. The Bertz CT molecular complexity index is 663. The van der Waals surface area contributed by atoms with Crippen LogP contribution in [0.15, 0.2) is 40.9 Å². The van der Waals surface area contributed by atoms with E-state index >= 15 is 0 Å². The fourth-order valence-electron chi connectivity index (χ4n) is 2.37. The quantitative estimate of drug-likeness (QED) is 0.886. The molecule has 0 spiro atoms. The predicted octanol–water partition coefficient (Wildman–Crippen LogP) is 4.12. The fourth-order valence-corrected chi connectivity index (χ4v) is 3.20. The van der Waals surface area contributed by atoms with Gasteiger partial charge in [-0.1, -0.05) is 45.7 Å². The van der Waals surface area contributed by atoms with Crippen LogP contribution in [0, 0.1) is 0 Å². The maximum Gasteiger partial charge on any atom is 0.162 e. The van der Waals surface area contributed by atoms with E-state index in [2.05, 4.69) is 15.9 Å². The van der Waals surface area contributed by atoms with Crippen molar-refractivity contribution in [1.82, 2.24) is 0 Å². The molecular formula is C16H15BrClNO2. The molecule has 1 atom stereocenters. The molecule has 1 aliphatic heterocycles. The van der Waals surface area contributed by atoms with Crippen molar-refractivity contribution in [2.24, 2.45) is 5.73 Å². The molecule has 21 heavy (non-hydrogen) atoms. The highest BCUT2D eigenvalue weighted by atomic mass is 79.9. The van der Waals surface area contributed by atoms with Gasteiger partial charge in [-0.2, -0.15) is 0 Å². The minimum atomic E-state index is -0.171. The maximum absolute atomic E-state index is 6.34. The Morgan fingerprint density at radius 2 is 1.81 bits per heavy atom. The third kappa shape index (κ3) is 3.18. The average Bonchev–Trinajstić information content (AvgIpc) is 2.49. The van der Waals surface area contributed by atoms with Crippen LogP contribution in [0.2, 0.25) is 5.02 Å². The molecular weight excluding hydrogens is 354 g/mol. The molecule has 0 bridgehead atoms. The highest BCUT2D eigenvalue weighted by Crippen LogP contribution is 2.38. The van der Waals surface area contributed by atoms with E-state index in [-0.39, 0.29) is 6.04 Å². The molecule has 5 heteroatoms. The Labute approximate surface area is 137 Å². The number of ether oxygens (including phenoxy) is 2. The molecule has 0 fully saturated rings. The molecule has 1 unspecified atom stereocenters. The monoisotopic (exact) mass is 367 g/mol.